The van der Waals surface area contributed by atoms with Crippen LogP contribution in [-0.2, 0) is 0 Å². The Balaban J connectivity index is 3.08. The molecular formula is C10H9N. The zero-order chi connectivity index (χ0) is 8.27. The quantitative estimate of drug-likeness (QED) is 0.554. The molecule has 0 aliphatic heterocycles. The first-order valence-electron chi connectivity index (χ1n) is 3.40. The van der Waals surface area contributed by atoms with Crippen LogP contribution >= 0.6 is 0 Å². The van der Waals surface area contributed by atoms with Gasteiger partial charge in [-0.25, -0.2) is 0 Å². The van der Waals surface area contributed by atoms with Gasteiger partial charge in [-0.05, 0) is 12.5 Å². The van der Waals surface area contributed by atoms with E-state index in [-0.39, 0.29) is 0 Å². The first-order valence-corrected chi connectivity index (χ1v) is 3.40. The van der Waals surface area contributed by atoms with E-state index in [0.717, 1.165) is 11.1 Å². The monoisotopic (exact) mass is 143 g/mol. The van der Waals surface area contributed by atoms with E-state index in [1.54, 1.807) is 0 Å². The van der Waals surface area contributed by atoms with E-state index in [2.05, 4.69) is 6.58 Å². The molecule has 0 aromatic heterocycles. The fraction of sp³-hybridized carbons (Fsp3) is 0.100. The summed E-state index contributed by atoms with van der Waals surface area (Å²) in [7, 11) is 0. The van der Waals surface area contributed by atoms with Gasteiger partial charge in [-0.2, -0.15) is 5.26 Å². The predicted octanol–water partition coefficient (Wildman–Crippen LogP) is 2.53. The van der Waals surface area contributed by atoms with Gasteiger partial charge in [0.15, 0.2) is 0 Å². The van der Waals surface area contributed by atoms with Crippen molar-refractivity contribution in [2.24, 2.45) is 0 Å². The fourth-order valence-corrected chi connectivity index (χ4v) is 0.897. The lowest BCUT2D eigenvalue weighted by molar-refractivity contribution is 1.45. The van der Waals surface area contributed by atoms with Gasteiger partial charge in [0.2, 0.25) is 0 Å². The lowest BCUT2D eigenvalue weighted by Crippen LogP contribution is -1.79. The molecule has 0 fully saturated rings. The number of nitrogens with zero attached hydrogens (tertiary/aromatic N) is 1. The molecule has 0 unspecified atom stereocenters. The van der Waals surface area contributed by atoms with Crippen molar-refractivity contribution in [2.45, 2.75) is 6.92 Å². The van der Waals surface area contributed by atoms with Crippen LogP contribution in [0.2, 0.25) is 0 Å². The van der Waals surface area contributed by atoms with Crippen molar-refractivity contribution in [1.82, 2.24) is 0 Å². The topological polar surface area (TPSA) is 23.8 Å². The molecule has 1 aromatic carbocycles. The molecule has 0 atom stereocenters. The third-order valence-corrected chi connectivity index (χ3v) is 1.50. The van der Waals surface area contributed by atoms with E-state index in [0.29, 0.717) is 5.57 Å². The number of hydrogen-bond acceptors (Lipinski definition) is 1. The van der Waals surface area contributed by atoms with Crippen molar-refractivity contribution in [1.29, 1.82) is 5.26 Å². The second-order valence-electron chi connectivity index (χ2n) is 2.46. The van der Waals surface area contributed by atoms with Crippen LogP contribution in [0.5, 0.6) is 0 Å². The Morgan fingerprint density at radius 2 is 2.27 bits per heavy atom. The van der Waals surface area contributed by atoms with Gasteiger partial charge < -0.3 is 0 Å². The molecule has 0 N–H and O–H groups in total. The van der Waals surface area contributed by atoms with Crippen molar-refractivity contribution in [3.8, 4) is 6.07 Å². The standard InChI is InChI=1S/C10H9N/c1-8-4-3-5-10(6-8)9(2)7-11/h3-6H,2H2,1H3. The van der Waals surface area contributed by atoms with Gasteiger partial charge >= 0.3 is 0 Å². The number of rotatable bonds is 1. The first kappa shape index (κ1) is 7.56. The Hall–Kier alpha value is -1.55. The molecule has 0 aliphatic carbocycles. The Bertz CT molecular complexity index is 318. The smallest absolute Gasteiger partial charge is 0.0991 e. The molecule has 1 heteroatoms. The SMILES string of the molecule is C=C(C#N)c1cccc(C)c1. The number of benzene rings is 1. The summed E-state index contributed by atoms with van der Waals surface area (Å²) >= 11 is 0. The van der Waals surface area contributed by atoms with Crippen LogP contribution in [0.25, 0.3) is 5.57 Å². The maximum atomic E-state index is 8.53. The van der Waals surface area contributed by atoms with Crippen LogP contribution in [0.15, 0.2) is 30.8 Å². The molecule has 0 saturated heterocycles. The Morgan fingerprint density at radius 1 is 1.55 bits per heavy atom. The van der Waals surface area contributed by atoms with Crippen LogP contribution in [0.4, 0.5) is 0 Å². The summed E-state index contributed by atoms with van der Waals surface area (Å²) in [6, 6.07) is 9.77. The zero-order valence-electron chi connectivity index (χ0n) is 6.46. The molecule has 11 heavy (non-hydrogen) atoms. The molecule has 0 amide bonds. The third kappa shape index (κ3) is 1.68. The lowest BCUT2D eigenvalue weighted by atomic mass is 10.1. The van der Waals surface area contributed by atoms with Crippen LogP contribution in [-0.4, -0.2) is 0 Å². The highest BCUT2D eigenvalue weighted by molar-refractivity contribution is 5.74. The minimum Gasteiger partial charge on any atom is -0.192 e. The van der Waals surface area contributed by atoms with E-state index >= 15 is 0 Å². The van der Waals surface area contributed by atoms with Crippen molar-refractivity contribution < 1.29 is 0 Å². The number of aryl methyl sites for hydroxylation is 1. The highest BCUT2D eigenvalue weighted by Gasteiger charge is 1.95. The zero-order valence-corrected chi connectivity index (χ0v) is 6.46. The number of nitriles is 1. The maximum Gasteiger partial charge on any atom is 0.0991 e. The molecule has 1 rings (SSSR count). The van der Waals surface area contributed by atoms with E-state index in [1.807, 2.05) is 37.3 Å². The molecular weight excluding hydrogens is 134 g/mol. The van der Waals surface area contributed by atoms with Crippen LogP contribution in [0, 0.1) is 18.3 Å². The predicted molar refractivity (Wildman–Crippen MR) is 45.8 cm³/mol. The molecule has 0 radical (unpaired) electrons. The van der Waals surface area contributed by atoms with Crippen LogP contribution < -0.4 is 0 Å². The average Bonchev–Trinajstić information content (AvgIpc) is 2.03. The summed E-state index contributed by atoms with van der Waals surface area (Å²) in [5, 5.41) is 8.53. The molecule has 0 heterocycles. The summed E-state index contributed by atoms with van der Waals surface area (Å²) in [6.45, 7) is 5.62. The van der Waals surface area contributed by atoms with E-state index in [9.17, 15) is 0 Å². The van der Waals surface area contributed by atoms with Crippen molar-refractivity contribution in [3.05, 3.63) is 42.0 Å². The first-order chi connectivity index (χ1) is 5.24. The van der Waals surface area contributed by atoms with Crippen molar-refractivity contribution in [3.63, 3.8) is 0 Å². The molecule has 54 valence electrons. The normalized spacial score (nSPS) is 8.73. The number of allylic oxidation sites excluding steroid dienone is 1. The van der Waals surface area contributed by atoms with E-state index < -0.39 is 0 Å². The summed E-state index contributed by atoms with van der Waals surface area (Å²) in [4.78, 5) is 0. The average molecular weight is 143 g/mol. The van der Waals surface area contributed by atoms with Gasteiger partial charge in [0.1, 0.15) is 0 Å². The number of hydrogen-bond donors (Lipinski definition) is 0. The minimum atomic E-state index is 0.522. The van der Waals surface area contributed by atoms with E-state index in [1.165, 1.54) is 0 Å². The highest BCUT2D eigenvalue weighted by Crippen LogP contribution is 2.11. The molecule has 1 aromatic rings. The van der Waals surface area contributed by atoms with Gasteiger partial charge in [-0.15, -0.1) is 0 Å². The largest absolute Gasteiger partial charge is 0.192 e. The maximum absolute atomic E-state index is 8.53. The highest BCUT2D eigenvalue weighted by atomic mass is 14.2. The van der Waals surface area contributed by atoms with E-state index in [4.69, 9.17) is 5.26 Å². The molecule has 0 spiro atoms. The molecule has 0 bridgehead atoms. The summed E-state index contributed by atoms with van der Waals surface area (Å²) in [5.41, 5.74) is 2.58. The summed E-state index contributed by atoms with van der Waals surface area (Å²) in [6.07, 6.45) is 0. The second kappa shape index (κ2) is 3.03. The van der Waals surface area contributed by atoms with Crippen LogP contribution in [0.1, 0.15) is 11.1 Å². The Morgan fingerprint density at radius 3 is 2.82 bits per heavy atom. The lowest BCUT2D eigenvalue weighted by Gasteiger charge is -1.96. The van der Waals surface area contributed by atoms with Crippen LogP contribution in [0.3, 0.4) is 0 Å². The third-order valence-electron chi connectivity index (χ3n) is 1.50. The van der Waals surface area contributed by atoms with Gasteiger partial charge in [0, 0.05) is 0 Å². The van der Waals surface area contributed by atoms with Gasteiger partial charge in [0.05, 0.1) is 11.6 Å². The van der Waals surface area contributed by atoms with Gasteiger partial charge in [-0.1, -0.05) is 36.4 Å². The second-order valence-corrected chi connectivity index (χ2v) is 2.46. The minimum absolute atomic E-state index is 0.522. The molecule has 1 nitrogen and oxygen atoms in total. The Kier molecular flexibility index (Phi) is 2.08. The van der Waals surface area contributed by atoms with Crippen molar-refractivity contribution >= 4 is 5.57 Å². The van der Waals surface area contributed by atoms with Gasteiger partial charge in [-0.3, -0.25) is 0 Å². The molecule has 0 saturated carbocycles. The van der Waals surface area contributed by atoms with Gasteiger partial charge in [0.25, 0.3) is 0 Å². The van der Waals surface area contributed by atoms with Crippen molar-refractivity contribution in [2.75, 3.05) is 0 Å². The summed E-state index contributed by atoms with van der Waals surface area (Å²) < 4.78 is 0. The summed E-state index contributed by atoms with van der Waals surface area (Å²) in [5.74, 6) is 0. The fourth-order valence-electron chi connectivity index (χ4n) is 0.897. The molecule has 0 aliphatic rings. The Labute approximate surface area is 66.6 Å².